The molecule has 1 fully saturated rings. The maximum absolute atomic E-state index is 12.1. The van der Waals surface area contributed by atoms with Crippen LogP contribution in [0, 0.1) is 18.3 Å². The lowest BCUT2D eigenvalue weighted by molar-refractivity contribution is -0.0166. The Balaban J connectivity index is 2.23. The Morgan fingerprint density at radius 3 is 2.69 bits per heavy atom. The first-order chi connectivity index (χ1) is 12.0. The van der Waals surface area contributed by atoms with Gasteiger partial charge in [0.05, 0.1) is 12.7 Å². The normalized spacial score (nSPS) is 22.6. The lowest BCUT2D eigenvalue weighted by Crippen LogP contribution is -2.42. The fourth-order valence-corrected chi connectivity index (χ4v) is 3.50. The van der Waals surface area contributed by atoms with Gasteiger partial charge in [0.2, 0.25) is 0 Å². The van der Waals surface area contributed by atoms with Crippen molar-refractivity contribution < 1.29 is 9.16 Å². The van der Waals surface area contributed by atoms with Crippen LogP contribution in [0.4, 0.5) is 0 Å². The lowest BCUT2D eigenvalue weighted by Gasteiger charge is -2.37. The van der Waals surface area contributed by atoms with Crippen LogP contribution < -0.4 is 11.2 Å². The van der Waals surface area contributed by atoms with Gasteiger partial charge in [-0.05, 0) is 30.6 Å². The Morgan fingerprint density at radius 1 is 1.46 bits per heavy atom. The molecular weight excluding hydrogens is 350 g/mol. The van der Waals surface area contributed by atoms with Gasteiger partial charge < -0.3 is 9.16 Å². The van der Waals surface area contributed by atoms with Crippen molar-refractivity contribution in [2.45, 2.75) is 64.6 Å². The number of nitrogens with one attached hydrogen (secondary N) is 1. The summed E-state index contributed by atoms with van der Waals surface area (Å²) in [5.41, 5.74) is 0.301. The molecule has 1 N–H and O–H groups in total. The van der Waals surface area contributed by atoms with E-state index in [-0.39, 0.29) is 11.1 Å². The Morgan fingerprint density at radius 2 is 2.12 bits per heavy atom. The van der Waals surface area contributed by atoms with Crippen LogP contribution in [-0.2, 0) is 9.16 Å². The molecule has 142 valence electrons. The van der Waals surface area contributed by atoms with Crippen molar-refractivity contribution in [2.75, 3.05) is 6.61 Å². The third-order valence-electron chi connectivity index (χ3n) is 5.25. The number of allylic oxidation sites excluding steroid dienone is 1. The molecule has 1 aromatic heterocycles. The molecule has 2 rings (SSSR count). The summed E-state index contributed by atoms with van der Waals surface area (Å²) in [7, 11) is -1.96. The van der Waals surface area contributed by atoms with Crippen molar-refractivity contribution in [3.05, 3.63) is 44.2 Å². The van der Waals surface area contributed by atoms with E-state index >= 15 is 0 Å². The second-order valence-corrected chi connectivity index (χ2v) is 13.0. The Bertz CT molecular complexity index is 855. The van der Waals surface area contributed by atoms with E-state index in [1.807, 2.05) is 6.07 Å². The Labute approximate surface area is 154 Å². The minimum atomic E-state index is -1.96. The van der Waals surface area contributed by atoms with Gasteiger partial charge in [-0.25, -0.2) is 4.79 Å². The number of nitriles is 1. The van der Waals surface area contributed by atoms with Crippen molar-refractivity contribution in [3.8, 4) is 6.07 Å². The molecule has 0 aliphatic carbocycles. The van der Waals surface area contributed by atoms with Gasteiger partial charge in [-0.15, -0.1) is 0 Å². The molecule has 0 bridgehead atoms. The zero-order chi connectivity index (χ0) is 19.7. The summed E-state index contributed by atoms with van der Waals surface area (Å²) < 4.78 is 13.6. The summed E-state index contributed by atoms with van der Waals surface area (Å²) in [6, 6.07) is 2.04. The van der Waals surface area contributed by atoms with E-state index in [1.54, 1.807) is 6.92 Å². The smallest absolute Gasteiger partial charge is 0.330 e. The maximum Gasteiger partial charge on any atom is 0.330 e. The molecule has 2 unspecified atom stereocenters. The van der Waals surface area contributed by atoms with Gasteiger partial charge in [0.1, 0.15) is 12.3 Å². The molecule has 8 heteroatoms. The SMILES string of the molecule is Cc1cn(C2CC(=CC#N)C(CO[Si](C)(C)C(C)(C)C)O2)c(=O)[nH]c1=O. The van der Waals surface area contributed by atoms with Gasteiger partial charge in [0, 0.05) is 24.3 Å². The Hall–Kier alpha value is -1.95. The van der Waals surface area contributed by atoms with E-state index in [4.69, 9.17) is 14.4 Å². The lowest BCUT2D eigenvalue weighted by atomic mass is 10.1. The van der Waals surface area contributed by atoms with Crippen LogP contribution in [-0.4, -0.2) is 30.6 Å². The van der Waals surface area contributed by atoms with E-state index in [9.17, 15) is 9.59 Å². The second kappa shape index (κ2) is 7.35. The van der Waals surface area contributed by atoms with Crippen molar-refractivity contribution in [3.63, 3.8) is 0 Å². The molecule has 0 spiro atoms. The number of aromatic nitrogens is 2. The van der Waals surface area contributed by atoms with E-state index in [0.717, 1.165) is 5.57 Å². The van der Waals surface area contributed by atoms with Gasteiger partial charge >= 0.3 is 5.69 Å². The van der Waals surface area contributed by atoms with Crippen LogP contribution in [0.2, 0.25) is 18.1 Å². The van der Waals surface area contributed by atoms with Crippen molar-refractivity contribution >= 4 is 8.32 Å². The van der Waals surface area contributed by atoms with Crippen LogP contribution in [0.25, 0.3) is 0 Å². The highest BCUT2D eigenvalue weighted by atomic mass is 28.4. The zero-order valence-corrected chi connectivity index (χ0v) is 17.3. The minimum Gasteiger partial charge on any atom is -0.414 e. The van der Waals surface area contributed by atoms with Crippen LogP contribution in [0.5, 0.6) is 0 Å². The molecule has 0 radical (unpaired) electrons. The van der Waals surface area contributed by atoms with Gasteiger partial charge in [0.15, 0.2) is 8.32 Å². The van der Waals surface area contributed by atoms with Gasteiger partial charge in [0.25, 0.3) is 5.56 Å². The minimum absolute atomic E-state index is 0.0665. The summed E-state index contributed by atoms with van der Waals surface area (Å²) >= 11 is 0. The summed E-state index contributed by atoms with van der Waals surface area (Å²) in [4.78, 5) is 26.0. The van der Waals surface area contributed by atoms with E-state index in [0.29, 0.717) is 18.6 Å². The third-order valence-corrected chi connectivity index (χ3v) is 9.75. The third kappa shape index (κ3) is 4.23. The molecule has 7 nitrogen and oxygen atoms in total. The molecular formula is C18H27N3O4Si. The second-order valence-electron chi connectivity index (χ2n) is 8.18. The molecule has 0 saturated carbocycles. The summed E-state index contributed by atoms with van der Waals surface area (Å²) in [5.74, 6) is 0. The van der Waals surface area contributed by atoms with Crippen LogP contribution >= 0.6 is 0 Å². The van der Waals surface area contributed by atoms with Gasteiger partial charge in [-0.3, -0.25) is 14.3 Å². The number of hydrogen-bond donors (Lipinski definition) is 1. The number of hydrogen-bond acceptors (Lipinski definition) is 5. The van der Waals surface area contributed by atoms with Crippen molar-refractivity contribution in [1.29, 1.82) is 5.26 Å². The molecule has 1 saturated heterocycles. The molecule has 0 aromatic carbocycles. The fraction of sp³-hybridized carbons (Fsp3) is 0.611. The van der Waals surface area contributed by atoms with E-state index in [1.165, 1.54) is 16.8 Å². The molecule has 1 aromatic rings. The predicted molar refractivity (Wildman–Crippen MR) is 101 cm³/mol. The molecule has 26 heavy (non-hydrogen) atoms. The first-order valence-corrected chi connectivity index (χ1v) is 11.6. The van der Waals surface area contributed by atoms with Gasteiger partial charge in [-0.2, -0.15) is 5.26 Å². The highest BCUT2D eigenvalue weighted by Crippen LogP contribution is 2.38. The summed E-state index contributed by atoms with van der Waals surface area (Å²) in [5, 5.41) is 9.13. The van der Waals surface area contributed by atoms with Crippen LogP contribution in [0.3, 0.4) is 0 Å². The van der Waals surface area contributed by atoms with Crippen LogP contribution in [0.15, 0.2) is 27.4 Å². The molecule has 1 aliphatic heterocycles. The van der Waals surface area contributed by atoms with Crippen molar-refractivity contribution in [2.24, 2.45) is 0 Å². The number of nitrogens with zero attached hydrogens (tertiary/aromatic N) is 2. The first-order valence-electron chi connectivity index (χ1n) is 8.66. The fourth-order valence-electron chi connectivity index (χ4n) is 2.50. The van der Waals surface area contributed by atoms with Gasteiger partial charge in [-0.1, -0.05) is 20.8 Å². The highest BCUT2D eigenvalue weighted by Gasteiger charge is 2.39. The van der Waals surface area contributed by atoms with Crippen LogP contribution in [0.1, 0.15) is 39.0 Å². The molecule has 2 heterocycles. The maximum atomic E-state index is 12.1. The Kier molecular flexibility index (Phi) is 5.75. The number of rotatable bonds is 4. The average molecular weight is 378 g/mol. The monoisotopic (exact) mass is 377 g/mol. The average Bonchev–Trinajstić information content (AvgIpc) is 2.91. The predicted octanol–water partition coefficient (Wildman–Crippen LogP) is 2.60. The highest BCUT2D eigenvalue weighted by molar-refractivity contribution is 6.74. The molecule has 0 amide bonds. The van der Waals surface area contributed by atoms with E-state index < -0.39 is 25.8 Å². The largest absolute Gasteiger partial charge is 0.414 e. The molecule has 2 atom stereocenters. The topological polar surface area (TPSA) is 97.1 Å². The quantitative estimate of drug-likeness (QED) is 0.642. The first kappa shape index (κ1) is 20.4. The standard InChI is InChI=1S/C18H27N3O4Si/c1-12-10-21(17(23)20-16(12)22)15-9-13(7-8-19)14(25-15)11-24-26(5,6)18(2,3)4/h7,10,14-15H,9,11H2,1-6H3,(H,20,22,23). The number of aryl methyl sites for hydroxylation is 1. The van der Waals surface area contributed by atoms with Crippen molar-refractivity contribution in [1.82, 2.24) is 9.55 Å². The van der Waals surface area contributed by atoms with E-state index in [2.05, 4.69) is 38.8 Å². The zero-order valence-electron chi connectivity index (χ0n) is 16.3. The number of ether oxygens (including phenoxy) is 1. The molecule has 1 aliphatic rings. The summed E-state index contributed by atoms with van der Waals surface area (Å²) in [6.07, 6.45) is 2.42. The number of H-pyrrole nitrogens is 1. The summed E-state index contributed by atoms with van der Waals surface area (Å²) in [6.45, 7) is 12.8. The number of aromatic amines is 1.